The second-order valence-electron chi connectivity index (χ2n) is 21.1. The summed E-state index contributed by atoms with van der Waals surface area (Å²) in [5, 5.41) is 9.77. The van der Waals surface area contributed by atoms with Crippen LogP contribution in [0.2, 0.25) is 0 Å². The van der Waals surface area contributed by atoms with Crippen molar-refractivity contribution in [3.05, 3.63) is 255 Å². The van der Waals surface area contributed by atoms with Gasteiger partial charge in [0.05, 0.1) is 16.6 Å². The predicted octanol–water partition coefficient (Wildman–Crippen LogP) is 17.9. The van der Waals surface area contributed by atoms with Crippen LogP contribution in [-0.4, -0.2) is 15.7 Å². The van der Waals surface area contributed by atoms with E-state index < -0.39 is 0 Å². The third kappa shape index (κ3) is 5.57. The van der Waals surface area contributed by atoms with Crippen molar-refractivity contribution in [2.24, 2.45) is 0 Å². The van der Waals surface area contributed by atoms with Gasteiger partial charge in [-0.1, -0.05) is 182 Å². The molecule has 0 bridgehead atoms. The lowest BCUT2D eigenvalue weighted by Gasteiger charge is -2.41. The number of fused-ring (bicyclic) bond motifs is 18. The van der Waals surface area contributed by atoms with E-state index in [0.717, 1.165) is 50.1 Å². The zero-order chi connectivity index (χ0) is 50.0. The van der Waals surface area contributed by atoms with Crippen LogP contribution in [0.5, 0.6) is 0 Å². The molecule has 0 spiro atoms. The minimum atomic E-state index is -0.245. The molecule has 0 unspecified atom stereocenters. The van der Waals surface area contributed by atoms with Gasteiger partial charge in [-0.25, -0.2) is 0 Å². The summed E-state index contributed by atoms with van der Waals surface area (Å²) in [5.74, 6) is 0. The highest BCUT2D eigenvalue weighted by Crippen LogP contribution is 2.54. The molecule has 16 aromatic rings. The van der Waals surface area contributed by atoms with Crippen LogP contribution in [0.3, 0.4) is 0 Å². The van der Waals surface area contributed by atoms with Gasteiger partial charge in [-0.15, -0.1) is 0 Å². The second kappa shape index (κ2) is 15.3. The highest BCUT2D eigenvalue weighted by Gasteiger charge is 2.46. The summed E-state index contributed by atoms with van der Waals surface area (Å²) in [6, 6.07) is 94.6. The maximum atomic E-state index is 7.18. The lowest BCUT2D eigenvalue weighted by Crippen LogP contribution is -2.57. The topological polar surface area (TPSA) is 25.7 Å². The molecule has 12 aromatic carbocycles. The quantitative estimate of drug-likeness (QED) is 0.161. The Bertz CT molecular complexity index is 5090. The molecule has 6 heterocycles. The highest BCUT2D eigenvalue weighted by atomic mass is 16.3. The van der Waals surface area contributed by atoms with Crippen molar-refractivity contribution in [1.82, 2.24) is 8.88 Å². The first-order chi connectivity index (χ1) is 38.2. The first-order valence-electron chi connectivity index (χ1n) is 26.7. The highest BCUT2D eigenvalue weighted by molar-refractivity contribution is 6.92. The molecule has 0 saturated carbocycles. The molecule has 0 saturated heterocycles. The summed E-state index contributed by atoms with van der Waals surface area (Å²) in [5.41, 5.74) is 25.7. The number of para-hydroxylation sites is 3. The molecule has 77 heavy (non-hydrogen) atoms. The van der Waals surface area contributed by atoms with Gasteiger partial charge in [-0.3, -0.25) is 0 Å². The first kappa shape index (κ1) is 41.3. The standard InChI is InChI=1S/C72H42BN3O/c1-5-19-43(20-6-1)47-33-34-61-55(38-47)56-39-50(46-25-11-4-12-26-46)40-58-67-66-54-29-15-18-32-64(54)77-65(66)42-63-69(67)73(76(61)71(56)58)70-62(41-57-52-27-13-16-30-59(52)75-60-31-17-14-28-53(60)68(70)72(57)75)74(63)51-36-48(44-21-7-2-8-22-44)35-49(37-51)45-23-9-3-10-24-45/h1-42H. The number of aromatic nitrogens is 2. The van der Waals surface area contributed by atoms with Gasteiger partial charge in [-0.2, -0.15) is 0 Å². The van der Waals surface area contributed by atoms with E-state index in [-0.39, 0.29) is 6.85 Å². The Morgan fingerprint density at radius 2 is 0.844 bits per heavy atom. The third-order valence-electron chi connectivity index (χ3n) is 17.1. The fourth-order valence-corrected chi connectivity index (χ4v) is 14.0. The molecule has 0 radical (unpaired) electrons. The summed E-state index contributed by atoms with van der Waals surface area (Å²) < 4.78 is 12.5. The molecule has 0 fully saturated rings. The van der Waals surface area contributed by atoms with E-state index in [2.05, 4.69) is 269 Å². The monoisotopic (exact) mass is 975 g/mol. The maximum Gasteiger partial charge on any atom is 0.333 e. The number of anilines is 3. The number of nitrogens with zero attached hydrogens (tertiary/aromatic N) is 3. The Hall–Kier alpha value is -10.1. The average molecular weight is 976 g/mol. The average Bonchev–Trinajstić information content (AvgIpc) is 4.34. The fourth-order valence-electron chi connectivity index (χ4n) is 14.0. The van der Waals surface area contributed by atoms with Crippen molar-refractivity contribution < 1.29 is 4.42 Å². The van der Waals surface area contributed by atoms with Gasteiger partial charge < -0.3 is 18.2 Å². The molecular formula is C72H42BN3O. The van der Waals surface area contributed by atoms with Crippen molar-refractivity contribution in [3.63, 3.8) is 0 Å². The van der Waals surface area contributed by atoms with Gasteiger partial charge in [0.25, 0.3) is 0 Å². The Morgan fingerprint density at radius 3 is 1.52 bits per heavy atom. The number of hydrogen-bond donors (Lipinski definition) is 0. The van der Waals surface area contributed by atoms with Gasteiger partial charge in [-0.05, 0) is 128 Å². The summed E-state index contributed by atoms with van der Waals surface area (Å²) >= 11 is 0. The molecule has 0 atom stereocenters. The van der Waals surface area contributed by atoms with E-state index in [1.807, 2.05) is 0 Å². The fraction of sp³-hybridized carbons (Fsp3) is 0. The molecule has 4 aromatic heterocycles. The summed E-state index contributed by atoms with van der Waals surface area (Å²) in [4.78, 5) is 2.61. The van der Waals surface area contributed by atoms with E-state index in [1.54, 1.807) is 0 Å². The molecule has 2 aliphatic heterocycles. The minimum Gasteiger partial charge on any atom is -0.456 e. The van der Waals surface area contributed by atoms with Gasteiger partial charge in [0.2, 0.25) is 0 Å². The van der Waals surface area contributed by atoms with Crippen LogP contribution in [-0.2, 0) is 0 Å². The van der Waals surface area contributed by atoms with E-state index in [0.29, 0.717) is 0 Å². The molecule has 0 aliphatic carbocycles. The lowest BCUT2D eigenvalue weighted by molar-refractivity contribution is 0.669. The maximum absolute atomic E-state index is 7.18. The number of benzene rings is 12. The molecule has 18 rings (SSSR count). The van der Waals surface area contributed by atoms with Crippen LogP contribution >= 0.6 is 0 Å². The van der Waals surface area contributed by atoms with Gasteiger partial charge in [0.15, 0.2) is 0 Å². The van der Waals surface area contributed by atoms with Crippen LogP contribution in [0.1, 0.15) is 0 Å². The molecule has 4 nitrogen and oxygen atoms in total. The summed E-state index contributed by atoms with van der Waals surface area (Å²) in [6.45, 7) is -0.245. The molecule has 354 valence electrons. The Balaban J connectivity index is 1.08. The zero-order valence-electron chi connectivity index (χ0n) is 41.6. The molecular weight excluding hydrogens is 934 g/mol. The molecule has 5 heteroatoms. The zero-order valence-corrected chi connectivity index (χ0v) is 41.6. The van der Waals surface area contributed by atoms with Gasteiger partial charge in [0, 0.05) is 82.8 Å². The van der Waals surface area contributed by atoms with Crippen molar-refractivity contribution in [2.45, 2.75) is 0 Å². The van der Waals surface area contributed by atoms with Gasteiger partial charge in [0.1, 0.15) is 11.2 Å². The van der Waals surface area contributed by atoms with Crippen molar-refractivity contribution in [1.29, 1.82) is 0 Å². The lowest BCUT2D eigenvalue weighted by atomic mass is 9.44. The van der Waals surface area contributed by atoms with Crippen molar-refractivity contribution >= 4 is 117 Å². The number of rotatable bonds is 5. The van der Waals surface area contributed by atoms with Gasteiger partial charge >= 0.3 is 6.85 Å². The summed E-state index contributed by atoms with van der Waals surface area (Å²) in [6.07, 6.45) is 0. The minimum absolute atomic E-state index is 0.245. The normalized spacial score (nSPS) is 12.9. The third-order valence-corrected chi connectivity index (χ3v) is 17.1. The smallest absolute Gasteiger partial charge is 0.333 e. The Kier molecular flexibility index (Phi) is 8.18. The molecule has 2 aliphatic rings. The number of hydrogen-bond acceptors (Lipinski definition) is 2. The Morgan fingerprint density at radius 1 is 0.312 bits per heavy atom. The van der Waals surface area contributed by atoms with E-state index in [9.17, 15) is 0 Å². The van der Waals surface area contributed by atoms with E-state index in [1.165, 1.54) is 115 Å². The summed E-state index contributed by atoms with van der Waals surface area (Å²) in [7, 11) is 0. The predicted molar refractivity (Wildman–Crippen MR) is 324 cm³/mol. The van der Waals surface area contributed by atoms with E-state index in [4.69, 9.17) is 4.42 Å². The van der Waals surface area contributed by atoms with Crippen molar-refractivity contribution in [2.75, 3.05) is 4.90 Å². The van der Waals surface area contributed by atoms with Crippen molar-refractivity contribution in [3.8, 4) is 55.6 Å². The molecule has 0 N–H and O–H groups in total. The molecule has 0 amide bonds. The Labute approximate surface area is 443 Å². The van der Waals surface area contributed by atoms with Crippen LogP contribution in [0.15, 0.2) is 259 Å². The largest absolute Gasteiger partial charge is 0.456 e. The van der Waals surface area contributed by atoms with Crippen LogP contribution in [0.4, 0.5) is 17.1 Å². The first-order valence-corrected chi connectivity index (χ1v) is 26.7. The number of furan rings is 1. The van der Waals surface area contributed by atoms with Crippen LogP contribution in [0, 0.1) is 0 Å². The van der Waals surface area contributed by atoms with E-state index >= 15 is 0 Å². The SMILES string of the molecule is c1ccc(-c2cc(-c3ccccc3)cc(N3c4cc5oc6ccccc6c5c5c4B(c4c3cc3c6ccccc6n6c7ccccc7c4c36)n3c4ccc(-c6ccccc6)cc4c4cc(-c6ccccc6)cc-5c43)c2)cc1. The van der Waals surface area contributed by atoms with Crippen LogP contribution < -0.4 is 15.8 Å². The second-order valence-corrected chi connectivity index (χ2v) is 21.1. The van der Waals surface area contributed by atoms with Crippen LogP contribution in [0.25, 0.3) is 137 Å².